The molecule has 0 aliphatic heterocycles. The van der Waals surface area contributed by atoms with Gasteiger partial charge in [0.1, 0.15) is 5.78 Å². The molecule has 0 heterocycles. The molecule has 2 heteroatoms. The fourth-order valence-electron chi connectivity index (χ4n) is 1.55. The highest BCUT2D eigenvalue weighted by atomic mass is 35.5. The smallest absolute Gasteiger partial charge is 0.145 e. The van der Waals surface area contributed by atoms with Crippen molar-refractivity contribution < 1.29 is 4.79 Å². The first-order valence-electron chi connectivity index (χ1n) is 5.12. The van der Waals surface area contributed by atoms with E-state index >= 15 is 0 Å². The second-order valence-electron chi connectivity index (χ2n) is 4.89. The van der Waals surface area contributed by atoms with Gasteiger partial charge in [0, 0.05) is 16.4 Å². The molecule has 1 nitrogen and oxygen atoms in total. The normalized spacial score (nSPS) is 13.7. The van der Waals surface area contributed by atoms with Crippen LogP contribution in [-0.4, -0.2) is 5.78 Å². The number of benzene rings is 1. The Morgan fingerprint density at radius 1 is 1.20 bits per heavy atom. The maximum atomic E-state index is 12.0. The van der Waals surface area contributed by atoms with Crippen LogP contribution in [0, 0.1) is 5.41 Å². The summed E-state index contributed by atoms with van der Waals surface area (Å²) in [7, 11) is 0. The van der Waals surface area contributed by atoms with Crippen molar-refractivity contribution in [3.63, 3.8) is 0 Å². The van der Waals surface area contributed by atoms with Crippen molar-refractivity contribution in [2.75, 3.05) is 0 Å². The monoisotopic (exact) mass is 224 g/mol. The van der Waals surface area contributed by atoms with Crippen molar-refractivity contribution in [3.8, 4) is 0 Å². The average Bonchev–Trinajstić information content (AvgIpc) is 2.15. The molecule has 0 aromatic heterocycles. The molecule has 0 aliphatic rings. The maximum absolute atomic E-state index is 12.0. The number of rotatable bonds is 2. The molecule has 1 atom stereocenters. The summed E-state index contributed by atoms with van der Waals surface area (Å²) in [6, 6.07) is 7.47. The first-order valence-corrected chi connectivity index (χ1v) is 5.50. The Kier molecular flexibility index (Phi) is 3.56. The Balaban J connectivity index is 2.90. The van der Waals surface area contributed by atoms with E-state index in [1.54, 1.807) is 0 Å². The highest BCUT2D eigenvalue weighted by Crippen LogP contribution is 2.27. The molecule has 15 heavy (non-hydrogen) atoms. The Labute approximate surface area is 96.5 Å². The van der Waals surface area contributed by atoms with Crippen LogP contribution in [0.5, 0.6) is 0 Å². The van der Waals surface area contributed by atoms with E-state index in [4.69, 9.17) is 11.6 Å². The first kappa shape index (κ1) is 12.3. The lowest BCUT2D eigenvalue weighted by molar-refractivity contribution is -0.127. The Hall–Kier alpha value is -0.820. The van der Waals surface area contributed by atoms with Crippen LogP contribution in [0.2, 0.25) is 5.02 Å². The van der Waals surface area contributed by atoms with Crippen molar-refractivity contribution in [3.05, 3.63) is 34.9 Å². The van der Waals surface area contributed by atoms with Gasteiger partial charge < -0.3 is 0 Å². The van der Waals surface area contributed by atoms with Crippen molar-refractivity contribution in [2.24, 2.45) is 5.41 Å². The van der Waals surface area contributed by atoms with Crippen LogP contribution in [0.4, 0.5) is 0 Å². The number of hydrogen-bond donors (Lipinski definition) is 0. The zero-order valence-corrected chi connectivity index (χ0v) is 10.4. The number of hydrogen-bond acceptors (Lipinski definition) is 1. The fraction of sp³-hybridized carbons (Fsp3) is 0.462. The third kappa shape index (κ3) is 3.07. The van der Waals surface area contributed by atoms with Crippen LogP contribution in [0.1, 0.15) is 39.2 Å². The van der Waals surface area contributed by atoms with E-state index in [0.29, 0.717) is 5.02 Å². The van der Waals surface area contributed by atoms with E-state index in [-0.39, 0.29) is 17.1 Å². The molecule has 0 bridgehead atoms. The molecular formula is C13H17ClO. The molecule has 82 valence electrons. The molecule has 0 N–H and O–H groups in total. The summed E-state index contributed by atoms with van der Waals surface area (Å²) in [6.45, 7) is 7.78. The van der Waals surface area contributed by atoms with Gasteiger partial charge in [-0.2, -0.15) is 0 Å². The summed E-state index contributed by atoms with van der Waals surface area (Å²) in [5, 5.41) is 0.703. The Morgan fingerprint density at radius 3 is 2.07 bits per heavy atom. The number of carbonyl (C=O) groups is 1. The summed E-state index contributed by atoms with van der Waals surface area (Å²) < 4.78 is 0. The lowest BCUT2D eigenvalue weighted by atomic mass is 9.81. The molecule has 1 aromatic carbocycles. The second-order valence-corrected chi connectivity index (χ2v) is 5.32. The summed E-state index contributed by atoms with van der Waals surface area (Å²) in [6.07, 6.45) is 0. The number of carbonyl (C=O) groups excluding carboxylic acids is 1. The molecule has 0 spiro atoms. The number of halogens is 1. The van der Waals surface area contributed by atoms with Gasteiger partial charge in [-0.25, -0.2) is 0 Å². The van der Waals surface area contributed by atoms with Crippen LogP contribution >= 0.6 is 11.6 Å². The average molecular weight is 225 g/mol. The lowest BCUT2D eigenvalue weighted by Gasteiger charge is -2.22. The van der Waals surface area contributed by atoms with Gasteiger partial charge in [-0.1, -0.05) is 51.4 Å². The van der Waals surface area contributed by atoms with Crippen molar-refractivity contribution in [1.82, 2.24) is 0 Å². The molecule has 0 radical (unpaired) electrons. The standard InChI is InChI=1S/C13H17ClO/c1-9(12(15)13(2,3)4)10-5-7-11(14)8-6-10/h5-9H,1-4H3. The summed E-state index contributed by atoms with van der Waals surface area (Å²) in [5.74, 6) is 0.187. The second kappa shape index (κ2) is 4.36. The topological polar surface area (TPSA) is 17.1 Å². The zero-order chi connectivity index (χ0) is 11.6. The van der Waals surface area contributed by atoms with Gasteiger partial charge in [0.05, 0.1) is 0 Å². The predicted molar refractivity (Wildman–Crippen MR) is 64.3 cm³/mol. The lowest BCUT2D eigenvalue weighted by Crippen LogP contribution is -2.25. The number of ketones is 1. The van der Waals surface area contributed by atoms with E-state index in [1.165, 1.54) is 0 Å². The molecule has 1 rings (SSSR count). The summed E-state index contributed by atoms with van der Waals surface area (Å²) in [4.78, 5) is 12.0. The first-order chi connectivity index (χ1) is 6.82. The minimum absolute atomic E-state index is 0.0673. The minimum atomic E-state index is -0.293. The SMILES string of the molecule is CC(C(=O)C(C)(C)C)c1ccc(Cl)cc1. The van der Waals surface area contributed by atoms with Gasteiger partial charge in [-0.05, 0) is 17.7 Å². The molecule has 1 aromatic rings. The van der Waals surface area contributed by atoms with Crippen LogP contribution in [0.15, 0.2) is 24.3 Å². The van der Waals surface area contributed by atoms with E-state index in [1.807, 2.05) is 52.0 Å². The highest BCUT2D eigenvalue weighted by Gasteiger charge is 2.27. The van der Waals surface area contributed by atoms with E-state index in [0.717, 1.165) is 5.56 Å². The molecule has 0 fully saturated rings. The zero-order valence-electron chi connectivity index (χ0n) is 9.67. The van der Waals surface area contributed by atoms with Crippen LogP contribution in [0.25, 0.3) is 0 Å². The Morgan fingerprint density at radius 2 is 1.67 bits per heavy atom. The van der Waals surface area contributed by atoms with Gasteiger partial charge in [-0.3, -0.25) is 4.79 Å². The Bertz CT molecular complexity index is 346. The van der Waals surface area contributed by atoms with Gasteiger partial charge >= 0.3 is 0 Å². The molecule has 0 aliphatic carbocycles. The minimum Gasteiger partial charge on any atom is -0.298 e. The molecule has 0 saturated heterocycles. The molecule has 1 unspecified atom stereocenters. The summed E-state index contributed by atoms with van der Waals surface area (Å²) >= 11 is 5.80. The van der Waals surface area contributed by atoms with E-state index < -0.39 is 0 Å². The van der Waals surface area contributed by atoms with Crippen molar-refractivity contribution in [2.45, 2.75) is 33.6 Å². The maximum Gasteiger partial charge on any atom is 0.145 e. The third-order valence-electron chi connectivity index (χ3n) is 2.50. The van der Waals surface area contributed by atoms with Crippen molar-refractivity contribution in [1.29, 1.82) is 0 Å². The third-order valence-corrected chi connectivity index (χ3v) is 2.75. The summed E-state index contributed by atoms with van der Waals surface area (Å²) in [5.41, 5.74) is 0.735. The molecule has 0 saturated carbocycles. The quantitative estimate of drug-likeness (QED) is 0.741. The fourth-order valence-corrected chi connectivity index (χ4v) is 1.68. The van der Waals surface area contributed by atoms with Gasteiger partial charge in [0.15, 0.2) is 0 Å². The van der Waals surface area contributed by atoms with Crippen LogP contribution in [-0.2, 0) is 4.79 Å². The molecule has 0 amide bonds. The number of Topliss-reactive ketones (excluding diaryl/α,β-unsaturated/α-hetero) is 1. The largest absolute Gasteiger partial charge is 0.298 e. The van der Waals surface area contributed by atoms with Gasteiger partial charge in [-0.15, -0.1) is 0 Å². The predicted octanol–water partition coefficient (Wildman–Crippen LogP) is 4.06. The van der Waals surface area contributed by atoms with Crippen molar-refractivity contribution >= 4 is 17.4 Å². The highest BCUT2D eigenvalue weighted by molar-refractivity contribution is 6.30. The van der Waals surface area contributed by atoms with Gasteiger partial charge in [0.2, 0.25) is 0 Å². The van der Waals surface area contributed by atoms with E-state index in [9.17, 15) is 4.79 Å². The van der Waals surface area contributed by atoms with Crippen LogP contribution < -0.4 is 0 Å². The molecular weight excluding hydrogens is 208 g/mol. The van der Waals surface area contributed by atoms with E-state index in [2.05, 4.69) is 0 Å². The van der Waals surface area contributed by atoms with Crippen LogP contribution in [0.3, 0.4) is 0 Å². The van der Waals surface area contributed by atoms with Gasteiger partial charge in [0.25, 0.3) is 0 Å².